The third-order valence-electron chi connectivity index (χ3n) is 4.00. The molecule has 3 rings (SSSR count). The van der Waals surface area contributed by atoms with E-state index in [-0.39, 0.29) is 6.42 Å². The van der Waals surface area contributed by atoms with Gasteiger partial charge in [0.15, 0.2) is 0 Å². The van der Waals surface area contributed by atoms with Gasteiger partial charge in [-0.2, -0.15) is 0 Å². The zero-order valence-corrected chi connectivity index (χ0v) is 13.2. The molecule has 23 heavy (non-hydrogen) atoms. The van der Waals surface area contributed by atoms with E-state index in [1.54, 1.807) is 0 Å². The van der Waals surface area contributed by atoms with Gasteiger partial charge in [0.1, 0.15) is 11.7 Å². The van der Waals surface area contributed by atoms with Gasteiger partial charge in [-0.15, -0.1) is 0 Å². The van der Waals surface area contributed by atoms with Gasteiger partial charge < -0.3 is 15.2 Å². The van der Waals surface area contributed by atoms with Crippen molar-refractivity contribution < 1.29 is 9.90 Å². The number of hydrogen-bond acceptors (Lipinski definition) is 3. The van der Waals surface area contributed by atoms with Crippen molar-refractivity contribution in [2.75, 3.05) is 0 Å². The minimum Gasteiger partial charge on any atom is -0.480 e. The summed E-state index contributed by atoms with van der Waals surface area (Å²) in [5, 5.41) is 9.15. The molecule has 1 atom stereocenters. The second-order valence-electron chi connectivity index (χ2n) is 5.81. The van der Waals surface area contributed by atoms with Crippen LogP contribution in [0.2, 0.25) is 0 Å². The first-order valence-corrected chi connectivity index (χ1v) is 7.49. The lowest BCUT2D eigenvalue weighted by Gasteiger charge is -2.09. The molecule has 0 amide bonds. The van der Waals surface area contributed by atoms with Crippen molar-refractivity contribution in [3.8, 4) is 11.3 Å². The van der Waals surface area contributed by atoms with E-state index in [4.69, 9.17) is 15.8 Å². The number of aromatic nitrogens is 2. The molecule has 0 aliphatic carbocycles. The van der Waals surface area contributed by atoms with Crippen LogP contribution in [0.5, 0.6) is 0 Å². The fourth-order valence-electron chi connectivity index (χ4n) is 2.69. The molecule has 0 aliphatic rings. The molecule has 118 valence electrons. The number of hydrogen-bond donors (Lipinski definition) is 2. The number of fused-ring (bicyclic) bond motifs is 1. The standard InChI is InChI=1S/C18H19N3O2/c1-11-5-7-13(8-6-11)16-15(10-14(19)18(22)23)21-9-3-4-12(2)17(21)20-16/h3-9,14H,10,19H2,1-2H3,(H,22,23). The average molecular weight is 309 g/mol. The molecule has 2 aromatic heterocycles. The monoisotopic (exact) mass is 309 g/mol. The van der Waals surface area contributed by atoms with Crippen molar-refractivity contribution in [1.29, 1.82) is 0 Å². The highest BCUT2D eigenvalue weighted by Gasteiger charge is 2.20. The molecule has 1 unspecified atom stereocenters. The first-order chi connectivity index (χ1) is 11.0. The zero-order valence-electron chi connectivity index (χ0n) is 13.2. The van der Waals surface area contributed by atoms with Gasteiger partial charge >= 0.3 is 5.97 Å². The summed E-state index contributed by atoms with van der Waals surface area (Å²) in [7, 11) is 0. The van der Waals surface area contributed by atoms with E-state index < -0.39 is 12.0 Å². The highest BCUT2D eigenvalue weighted by molar-refractivity contribution is 5.75. The second-order valence-corrected chi connectivity index (χ2v) is 5.81. The van der Waals surface area contributed by atoms with Crippen LogP contribution in [-0.2, 0) is 11.2 Å². The lowest BCUT2D eigenvalue weighted by molar-refractivity contribution is -0.138. The van der Waals surface area contributed by atoms with Gasteiger partial charge in [-0.3, -0.25) is 4.79 Å². The Hall–Kier alpha value is -2.66. The first kappa shape index (κ1) is 15.2. The van der Waals surface area contributed by atoms with E-state index in [0.29, 0.717) is 0 Å². The molecule has 3 aromatic rings. The van der Waals surface area contributed by atoms with Gasteiger partial charge in [-0.25, -0.2) is 4.98 Å². The summed E-state index contributed by atoms with van der Waals surface area (Å²) < 4.78 is 1.94. The van der Waals surface area contributed by atoms with Gasteiger partial charge in [0, 0.05) is 18.2 Å². The number of aryl methyl sites for hydroxylation is 2. The molecule has 2 heterocycles. The summed E-state index contributed by atoms with van der Waals surface area (Å²) >= 11 is 0. The molecule has 0 saturated carbocycles. The largest absolute Gasteiger partial charge is 0.480 e. The molecule has 5 heteroatoms. The molecule has 0 spiro atoms. The maximum atomic E-state index is 11.2. The number of nitrogens with zero attached hydrogens (tertiary/aromatic N) is 2. The van der Waals surface area contributed by atoms with E-state index in [9.17, 15) is 4.79 Å². The SMILES string of the molecule is Cc1ccc(-c2nc3c(C)cccn3c2CC(N)C(=O)O)cc1. The summed E-state index contributed by atoms with van der Waals surface area (Å²) in [6.07, 6.45) is 2.13. The summed E-state index contributed by atoms with van der Waals surface area (Å²) in [6.45, 7) is 4.01. The predicted octanol–water partition coefficient (Wildman–Crippen LogP) is 2.57. The lowest BCUT2D eigenvalue weighted by atomic mass is 10.0. The molecule has 0 bridgehead atoms. The van der Waals surface area contributed by atoms with Crippen LogP contribution in [0, 0.1) is 13.8 Å². The maximum Gasteiger partial charge on any atom is 0.320 e. The third-order valence-corrected chi connectivity index (χ3v) is 4.00. The Bertz CT molecular complexity index is 866. The molecule has 5 nitrogen and oxygen atoms in total. The summed E-state index contributed by atoms with van der Waals surface area (Å²) in [5.74, 6) is -1.01. The van der Waals surface area contributed by atoms with Crippen molar-refractivity contribution >= 4 is 11.6 Å². The Balaban J connectivity index is 2.21. The van der Waals surface area contributed by atoms with Crippen LogP contribution in [0.25, 0.3) is 16.9 Å². The topological polar surface area (TPSA) is 80.6 Å². The van der Waals surface area contributed by atoms with Crippen LogP contribution in [0.4, 0.5) is 0 Å². The van der Waals surface area contributed by atoms with Gasteiger partial charge in [0.2, 0.25) is 0 Å². The Morgan fingerprint density at radius 2 is 1.96 bits per heavy atom. The third kappa shape index (κ3) is 2.83. The van der Waals surface area contributed by atoms with Crippen LogP contribution in [-0.4, -0.2) is 26.5 Å². The average Bonchev–Trinajstić information content (AvgIpc) is 2.88. The molecule has 0 radical (unpaired) electrons. The van der Waals surface area contributed by atoms with Crippen molar-refractivity contribution in [2.45, 2.75) is 26.3 Å². The maximum absolute atomic E-state index is 11.2. The van der Waals surface area contributed by atoms with E-state index in [0.717, 1.165) is 33.7 Å². The number of carbonyl (C=O) groups is 1. The fraction of sp³-hybridized carbons (Fsp3) is 0.222. The Morgan fingerprint density at radius 1 is 1.26 bits per heavy atom. The number of pyridine rings is 1. The highest BCUT2D eigenvalue weighted by Crippen LogP contribution is 2.27. The second kappa shape index (κ2) is 5.85. The number of benzene rings is 1. The van der Waals surface area contributed by atoms with E-state index in [2.05, 4.69) is 0 Å². The van der Waals surface area contributed by atoms with Crippen LogP contribution in [0.3, 0.4) is 0 Å². The molecule has 0 aliphatic heterocycles. The van der Waals surface area contributed by atoms with Crippen LogP contribution < -0.4 is 5.73 Å². The van der Waals surface area contributed by atoms with Crippen molar-refractivity contribution in [1.82, 2.24) is 9.38 Å². The summed E-state index contributed by atoms with van der Waals surface area (Å²) in [6, 6.07) is 11.0. The predicted molar refractivity (Wildman–Crippen MR) is 89.4 cm³/mol. The zero-order chi connectivity index (χ0) is 16.6. The number of nitrogens with two attached hydrogens (primary N) is 1. The minimum absolute atomic E-state index is 0.225. The van der Waals surface area contributed by atoms with Gasteiger partial charge in [0.25, 0.3) is 0 Å². The molecule has 3 N–H and O–H groups in total. The molecular formula is C18H19N3O2. The van der Waals surface area contributed by atoms with Crippen LogP contribution in [0.1, 0.15) is 16.8 Å². The summed E-state index contributed by atoms with van der Waals surface area (Å²) in [4.78, 5) is 15.9. The minimum atomic E-state index is -1.01. The first-order valence-electron chi connectivity index (χ1n) is 7.49. The van der Waals surface area contributed by atoms with Gasteiger partial charge in [-0.1, -0.05) is 35.9 Å². The lowest BCUT2D eigenvalue weighted by Crippen LogP contribution is -2.32. The van der Waals surface area contributed by atoms with Gasteiger partial charge in [0.05, 0.1) is 11.4 Å². The van der Waals surface area contributed by atoms with Crippen molar-refractivity contribution in [3.05, 3.63) is 59.4 Å². The molecule has 1 aromatic carbocycles. The number of rotatable bonds is 4. The number of carboxylic acids is 1. The Labute approximate surface area is 134 Å². The fourth-order valence-corrected chi connectivity index (χ4v) is 2.69. The van der Waals surface area contributed by atoms with E-state index in [1.807, 2.05) is 60.8 Å². The van der Waals surface area contributed by atoms with Crippen LogP contribution in [0.15, 0.2) is 42.6 Å². The smallest absolute Gasteiger partial charge is 0.320 e. The number of imidazole rings is 1. The molecule has 0 fully saturated rings. The quantitative estimate of drug-likeness (QED) is 0.776. The highest BCUT2D eigenvalue weighted by atomic mass is 16.4. The molecule has 0 saturated heterocycles. The van der Waals surface area contributed by atoms with E-state index >= 15 is 0 Å². The Morgan fingerprint density at radius 3 is 2.61 bits per heavy atom. The molecular weight excluding hydrogens is 290 g/mol. The van der Waals surface area contributed by atoms with E-state index in [1.165, 1.54) is 0 Å². The van der Waals surface area contributed by atoms with Gasteiger partial charge in [-0.05, 0) is 25.5 Å². The number of aliphatic carboxylic acids is 1. The van der Waals surface area contributed by atoms with Crippen molar-refractivity contribution in [2.24, 2.45) is 5.73 Å². The van der Waals surface area contributed by atoms with Crippen molar-refractivity contribution in [3.63, 3.8) is 0 Å². The van der Waals surface area contributed by atoms with Crippen LogP contribution >= 0.6 is 0 Å². The Kier molecular flexibility index (Phi) is 3.88. The summed E-state index contributed by atoms with van der Waals surface area (Å²) in [5.41, 5.74) is 11.4. The normalized spacial score (nSPS) is 12.5. The number of carboxylic acid groups (broad SMARTS) is 1.